The number of fused-ring (bicyclic) bond motifs is 1. The highest BCUT2D eigenvalue weighted by Gasteiger charge is 2.18. The van der Waals surface area contributed by atoms with Crippen LogP contribution >= 0.6 is 0 Å². The third kappa shape index (κ3) is 2.59. The Labute approximate surface area is 107 Å². The van der Waals surface area contributed by atoms with Gasteiger partial charge in [0.25, 0.3) is 0 Å². The second-order valence-corrected chi connectivity index (χ2v) is 4.93. The van der Waals surface area contributed by atoms with E-state index in [9.17, 15) is 0 Å². The van der Waals surface area contributed by atoms with Crippen LogP contribution in [0.4, 0.5) is 0 Å². The van der Waals surface area contributed by atoms with Crippen molar-refractivity contribution in [2.45, 2.75) is 32.7 Å². The van der Waals surface area contributed by atoms with Gasteiger partial charge in [-0.05, 0) is 26.3 Å². The van der Waals surface area contributed by atoms with E-state index in [4.69, 9.17) is 10.5 Å². The van der Waals surface area contributed by atoms with Gasteiger partial charge in [-0.3, -0.25) is 0 Å². The van der Waals surface area contributed by atoms with Crippen LogP contribution < -0.4 is 10.5 Å². The van der Waals surface area contributed by atoms with E-state index in [0.717, 1.165) is 22.9 Å². The van der Waals surface area contributed by atoms with E-state index >= 15 is 0 Å². The molecule has 0 fully saturated rings. The van der Waals surface area contributed by atoms with Crippen molar-refractivity contribution in [2.24, 2.45) is 5.73 Å². The monoisotopic (exact) mass is 245 g/mol. The van der Waals surface area contributed by atoms with Gasteiger partial charge < -0.3 is 10.5 Å². The Balaban J connectivity index is 2.32. The fourth-order valence-electron chi connectivity index (χ4n) is 1.66. The summed E-state index contributed by atoms with van der Waals surface area (Å²) in [7, 11) is 0. The van der Waals surface area contributed by atoms with Crippen LogP contribution in [-0.2, 0) is 0 Å². The Morgan fingerprint density at radius 2 is 1.89 bits per heavy atom. The molecule has 4 heteroatoms. The molecule has 0 aliphatic rings. The Kier molecular flexibility index (Phi) is 3.48. The molecule has 1 aromatic carbocycles. The van der Waals surface area contributed by atoms with Crippen LogP contribution in [0.5, 0.6) is 5.88 Å². The van der Waals surface area contributed by atoms with Gasteiger partial charge >= 0.3 is 0 Å². The van der Waals surface area contributed by atoms with Gasteiger partial charge in [-0.15, -0.1) is 5.10 Å². The summed E-state index contributed by atoms with van der Waals surface area (Å²) in [5.41, 5.74) is 6.63. The van der Waals surface area contributed by atoms with Crippen LogP contribution in [0.25, 0.3) is 10.8 Å². The van der Waals surface area contributed by atoms with Crippen molar-refractivity contribution in [1.29, 1.82) is 0 Å². The van der Waals surface area contributed by atoms with Crippen molar-refractivity contribution >= 4 is 10.8 Å². The normalized spacial score (nSPS) is 14.4. The van der Waals surface area contributed by atoms with Crippen LogP contribution in [0.2, 0.25) is 0 Å². The Morgan fingerprint density at radius 1 is 1.22 bits per heavy atom. The first-order chi connectivity index (χ1) is 8.53. The van der Waals surface area contributed by atoms with E-state index in [2.05, 4.69) is 10.2 Å². The fraction of sp³-hybridized carbons (Fsp3) is 0.429. The number of benzene rings is 1. The molecule has 1 heterocycles. The van der Waals surface area contributed by atoms with Gasteiger partial charge in [0.05, 0.1) is 5.69 Å². The molecule has 2 aromatic rings. The molecule has 18 heavy (non-hydrogen) atoms. The number of ether oxygens (including phenoxy) is 1. The maximum Gasteiger partial charge on any atom is 0.241 e. The van der Waals surface area contributed by atoms with Crippen LogP contribution in [0.15, 0.2) is 24.3 Å². The van der Waals surface area contributed by atoms with Gasteiger partial charge in [0.15, 0.2) is 0 Å². The van der Waals surface area contributed by atoms with E-state index < -0.39 is 0 Å². The highest BCUT2D eigenvalue weighted by atomic mass is 16.5. The predicted molar refractivity (Wildman–Crippen MR) is 72.7 cm³/mol. The van der Waals surface area contributed by atoms with Gasteiger partial charge in [-0.2, -0.15) is 5.10 Å². The second kappa shape index (κ2) is 4.90. The van der Waals surface area contributed by atoms with E-state index in [1.54, 1.807) is 0 Å². The topological polar surface area (TPSA) is 61.0 Å². The number of nitrogens with zero attached hydrogens (tertiary/aromatic N) is 2. The maximum atomic E-state index is 6.06. The molecule has 0 bridgehead atoms. The SMILES string of the molecule is CCC(C)(N)COc1nnc(C)c2ccccc12. The third-order valence-corrected chi connectivity index (χ3v) is 3.18. The van der Waals surface area contributed by atoms with Crippen molar-refractivity contribution < 1.29 is 4.74 Å². The molecule has 0 saturated carbocycles. The minimum absolute atomic E-state index is 0.340. The quantitative estimate of drug-likeness (QED) is 0.898. The molecular formula is C14H19N3O. The largest absolute Gasteiger partial charge is 0.474 e. The molecule has 2 rings (SSSR count). The van der Waals surface area contributed by atoms with Gasteiger partial charge in [-0.25, -0.2) is 0 Å². The predicted octanol–water partition coefficient (Wildman–Crippen LogP) is 2.44. The minimum Gasteiger partial charge on any atom is -0.474 e. The molecule has 0 amide bonds. The smallest absolute Gasteiger partial charge is 0.241 e. The van der Waals surface area contributed by atoms with Gasteiger partial charge in [-0.1, -0.05) is 25.1 Å². The van der Waals surface area contributed by atoms with Crippen molar-refractivity contribution in [3.8, 4) is 5.88 Å². The van der Waals surface area contributed by atoms with Crippen molar-refractivity contribution in [3.63, 3.8) is 0 Å². The lowest BCUT2D eigenvalue weighted by atomic mass is 10.0. The molecule has 2 N–H and O–H groups in total. The van der Waals surface area contributed by atoms with Gasteiger partial charge in [0.1, 0.15) is 6.61 Å². The molecule has 1 aromatic heterocycles. The summed E-state index contributed by atoms with van der Waals surface area (Å²) >= 11 is 0. The average Bonchev–Trinajstić information content (AvgIpc) is 2.38. The number of rotatable bonds is 4. The highest BCUT2D eigenvalue weighted by Crippen LogP contribution is 2.24. The van der Waals surface area contributed by atoms with E-state index in [1.165, 1.54) is 0 Å². The lowest BCUT2D eigenvalue weighted by Crippen LogP contribution is -2.41. The molecule has 0 aliphatic heterocycles. The van der Waals surface area contributed by atoms with Crippen LogP contribution in [0, 0.1) is 6.92 Å². The average molecular weight is 245 g/mol. The molecule has 96 valence electrons. The zero-order valence-corrected chi connectivity index (χ0v) is 11.1. The molecule has 0 saturated heterocycles. The molecule has 4 nitrogen and oxygen atoms in total. The summed E-state index contributed by atoms with van der Waals surface area (Å²) < 4.78 is 5.73. The van der Waals surface area contributed by atoms with Crippen molar-refractivity contribution in [1.82, 2.24) is 10.2 Å². The summed E-state index contributed by atoms with van der Waals surface area (Å²) in [4.78, 5) is 0. The van der Waals surface area contributed by atoms with E-state index in [0.29, 0.717) is 12.5 Å². The number of nitrogens with two attached hydrogens (primary N) is 1. The first-order valence-corrected chi connectivity index (χ1v) is 6.17. The van der Waals surface area contributed by atoms with Crippen molar-refractivity contribution in [2.75, 3.05) is 6.61 Å². The zero-order chi connectivity index (χ0) is 13.2. The third-order valence-electron chi connectivity index (χ3n) is 3.18. The number of aryl methyl sites for hydroxylation is 1. The summed E-state index contributed by atoms with van der Waals surface area (Å²) in [5.74, 6) is 0.557. The standard InChI is InChI=1S/C14H19N3O/c1-4-14(3,15)9-18-13-12-8-6-5-7-11(12)10(2)16-17-13/h5-8H,4,9,15H2,1-3H3. The molecule has 0 radical (unpaired) electrons. The minimum atomic E-state index is -0.340. The highest BCUT2D eigenvalue weighted by molar-refractivity contribution is 5.88. The Bertz CT molecular complexity index is 552. The van der Waals surface area contributed by atoms with E-state index in [1.807, 2.05) is 45.0 Å². The molecule has 1 atom stereocenters. The molecule has 0 aliphatic carbocycles. The first kappa shape index (κ1) is 12.8. The summed E-state index contributed by atoms with van der Waals surface area (Å²) in [6, 6.07) is 7.97. The molecule has 1 unspecified atom stereocenters. The first-order valence-electron chi connectivity index (χ1n) is 6.17. The Morgan fingerprint density at radius 3 is 2.56 bits per heavy atom. The summed E-state index contributed by atoms with van der Waals surface area (Å²) in [5, 5.41) is 10.3. The number of hydrogen-bond acceptors (Lipinski definition) is 4. The van der Waals surface area contributed by atoms with Crippen molar-refractivity contribution in [3.05, 3.63) is 30.0 Å². The molecule has 0 spiro atoms. The summed E-state index contributed by atoms with van der Waals surface area (Å²) in [6.45, 7) is 6.39. The summed E-state index contributed by atoms with van der Waals surface area (Å²) in [6.07, 6.45) is 0.851. The van der Waals surface area contributed by atoms with Crippen LogP contribution in [0.3, 0.4) is 0 Å². The van der Waals surface area contributed by atoms with Gasteiger partial charge in [0.2, 0.25) is 5.88 Å². The number of hydrogen-bond donors (Lipinski definition) is 1. The van der Waals surface area contributed by atoms with Gasteiger partial charge in [0, 0.05) is 16.3 Å². The fourth-order valence-corrected chi connectivity index (χ4v) is 1.66. The second-order valence-electron chi connectivity index (χ2n) is 4.93. The zero-order valence-electron chi connectivity index (χ0n) is 11.1. The van der Waals surface area contributed by atoms with Crippen LogP contribution in [-0.4, -0.2) is 22.3 Å². The molecular weight excluding hydrogens is 226 g/mol. The van der Waals surface area contributed by atoms with Crippen LogP contribution in [0.1, 0.15) is 26.0 Å². The van der Waals surface area contributed by atoms with E-state index in [-0.39, 0.29) is 5.54 Å². The Hall–Kier alpha value is -1.68. The lowest BCUT2D eigenvalue weighted by Gasteiger charge is -2.22. The number of aromatic nitrogens is 2. The lowest BCUT2D eigenvalue weighted by molar-refractivity contribution is 0.219. The maximum absolute atomic E-state index is 6.06.